The third kappa shape index (κ3) is 8.11. The van der Waals surface area contributed by atoms with Crippen LogP contribution in [-0.4, -0.2) is 83.5 Å². The minimum absolute atomic E-state index is 0.0827. The number of alkyl halides is 3. The summed E-state index contributed by atoms with van der Waals surface area (Å²) >= 11 is 0. The van der Waals surface area contributed by atoms with Crippen molar-refractivity contribution in [3.8, 4) is 18.1 Å². The Bertz CT molecular complexity index is 1370. The van der Waals surface area contributed by atoms with E-state index in [9.17, 15) is 22.8 Å². The highest BCUT2D eigenvalue weighted by molar-refractivity contribution is 5.97. The van der Waals surface area contributed by atoms with Crippen molar-refractivity contribution >= 4 is 29.3 Å². The van der Waals surface area contributed by atoms with Crippen molar-refractivity contribution in [3.63, 3.8) is 0 Å². The largest absolute Gasteiger partial charge is 0.480 e. The maximum Gasteiger partial charge on any atom is 0.421 e. The van der Waals surface area contributed by atoms with Crippen LogP contribution in [0.15, 0.2) is 24.4 Å². The highest BCUT2D eigenvalue weighted by atomic mass is 19.4. The zero-order valence-electron chi connectivity index (χ0n) is 25.5. The maximum atomic E-state index is 13.9. The van der Waals surface area contributed by atoms with E-state index < -0.39 is 29.5 Å². The molecular weight excluding hydrogens is 575 g/mol. The van der Waals surface area contributed by atoms with Gasteiger partial charge in [0.1, 0.15) is 23.7 Å². The molecule has 2 heterocycles. The summed E-state index contributed by atoms with van der Waals surface area (Å²) in [7, 11) is 3.81. The molecule has 238 valence electrons. The van der Waals surface area contributed by atoms with E-state index in [1.54, 1.807) is 30.1 Å². The molecule has 0 bridgehead atoms. The van der Waals surface area contributed by atoms with E-state index >= 15 is 0 Å². The number of terminal acetylenes is 1. The molecule has 4 rings (SSSR count). The summed E-state index contributed by atoms with van der Waals surface area (Å²) in [4.78, 5) is 38.1. The van der Waals surface area contributed by atoms with Gasteiger partial charge in [0.25, 0.3) is 5.91 Å². The second kappa shape index (κ2) is 14.2. The second-order valence-corrected chi connectivity index (χ2v) is 11.7. The Morgan fingerprint density at radius 1 is 1.20 bits per heavy atom. The first-order valence-electron chi connectivity index (χ1n) is 14.8. The standard InChI is InChI=1S/C31H40F3N7O3/c1-6-16-44-26-17-20(10-11-23(26)29(43)41(5)21-12-14-40(4)15-13-21)37-30-35-18-24(31(32,33)34)27(39-30)38-25-9-7-8-22(25)28(42)36-19(2)3/h1,10-11,17-19,21-22,25H,7-9,12-16H2,2-5H3,(H,36,42)(H2,35,37,38,39). The number of hydrogen-bond donors (Lipinski definition) is 3. The molecule has 1 aliphatic carbocycles. The number of carbonyl (C=O) groups excluding carboxylic acids is 2. The number of halogens is 3. The van der Waals surface area contributed by atoms with E-state index in [0.29, 0.717) is 36.7 Å². The number of ether oxygens (including phenoxy) is 1. The van der Waals surface area contributed by atoms with Crippen LogP contribution in [0.1, 0.15) is 61.9 Å². The van der Waals surface area contributed by atoms with Crippen LogP contribution in [0.5, 0.6) is 5.75 Å². The molecule has 44 heavy (non-hydrogen) atoms. The molecule has 2 atom stereocenters. The normalized spacial score (nSPS) is 19.3. The van der Waals surface area contributed by atoms with Crippen molar-refractivity contribution in [1.29, 1.82) is 0 Å². The lowest BCUT2D eigenvalue weighted by atomic mass is 10.0. The van der Waals surface area contributed by atoms with Gasteiger partial charge in [-0.3, -0.25) is 9.59 Å². The first kappa shape index (κ1) is 32.9. The number of hydrogen-bond acceptors (Lipinski definition) is 8. The summed E-state index contributed by atoms with van der Waals surface area (Å²) in [5, 5.41) is 8.65. The van der Waals surface area contributed by atoms with Crippen molar-refractivity contribution in [2.75, 3.05) is 44.4 Å². The number of nitrogens with zero attached hydrogens (tertiary/aromatic N) is 4. The topological polar surface area (TPSA) is 112 Å². The van der Waals surface area contributed by atoms with E-state index in [2.05, 4.69) is 36.7 Å². The van der Waals surface area contributed by atoms with Gasteiger partial charge >= 0.3 is 6.18 Å². The average Bonchev–Trinajstić information content (AvgIpc) is 3.43. The van der Waals surface area contributed by atoms with Gasteiger partial charge < -0.3 is 30.5 Å². The Morgan fingerprint density at radius 2 is 1.93 bits per heavy atom. The minimum Gasteiger partial charge on any atom is -0.480 e. The predicted octanol–water partition coefficient (Wildman–Crippen LogP) is 4.52. The number of nitrogens with one attached hydrogen (secondary N) is 3. The molecule has 2 amide bonds. The van der Waals surface area contributed by atoms with Crippen LogP contribution in [0.3, 0.4) is 0 Å². The smallest absolute Gasteiger partial charge is 0.421 e. The Kier molecular flexibility index (Phi) is 10.6. The molecular formula is C31H40F3N7O3. The molecule has 1 aliphatic heterocycles. The molecule has 1 aromatic heterocycles. The van der Waals surface area contributed by atoms with Gasteiger partial charge in [0.2, 0.25) is 11.9 Å². The number of amides is 2. The molecule has 1 saturated carbocycles. The van der Waals surface area contributed by atoms with Gasteiger partial charge in [0.15, 0.2) is 0 Å². The molecule has 13 heteroatoms. The highest BCUT2D eigenvalue weighted by Gasteiger charge is 2.39. The SMILES string of the molecule is C#CCOc1cc(Nc2ncc(C(F)(F)F)c(NC3CCCC3C(=O)NC(C)C)n2)ccc1C(=O)N(C)C1CCN(C)CC1. The summed E-state index contributed by atoms with van der Waals surface area (Å²) < 4.78 is 47.5. The fourth-order valence-corrected chi connectivity index (χ4v) is 5.66. The van der Waals surface area contributed by atoms with Crippen LogP contribution in [0.4, 0.5) is 30.6 Å². The molecule has 10 nitrogen and oxygen atoms in total. The highest BCUT2D eigenvalue weighted by Crippen LogP contribution is 2.37. The number of benzene rings is 1. The van der Waals surface area contributed by atoms with Crippen LogP contribution in [-0.2, 0) is 11.0 Å². The van der Waals surface area contributed by atoms with Crippen molar-refractivity contribution in [2.45, 2.75) is 70.3 Å². The van der Waals surface area contributed by atoms with Gasteiger partial charge in [0.05, 0.1) is 11.5 Å². The third-order valence-electron chi connectivity index (χ3n) is 8.04. The van der Waals surface area contributed by atoms with Crippen molar-refractivity contribution in [1.82, 2.24) is 25.1 Å². The first-order valence-corrected chi connectivity index (χ1v) is 14.8. The van der Waals surface area contributed by atoms with Crippen molar-refractivity contribution in [3.05, 3.63) is 35.5 Å². The number of anilines is 3. The van der Waals surface area contributed by atoms with Crippen molar-refractivity contribution < 1.29 is 27.5 Å². The Labute approximate surface area is 256 Å². The quantitative estimate of drug-likeness (QED) is 0.335. The molecule has 0 radical (unpaired) electrons. The molecule has 0 spiro atoms. The number of carbonyl (C=O) groups is 2. The third-order valence-corrected chi connectivity index (χ3v) is 8.04. The van der Waals surface area contributed by atoms with Gasteiger partial charge in [-0.2, -0.15) is 18.2 Å². The number of rotatable bonds is 10. The van der Waals surface area contributed by atoms with E-state index in [1.165, 1.54) is 0 Å². The van der Waals surface area contributed by atoms with Crippen molar-refractivity contribution in [2.24, 2.45) is 5.92 Å². The lowest BCUT2D eigenvalue weighted by molar-refractivity contribution is -0.137. The van der Waals surface area contributed by atoms with Crippen LogP contribution in [0.25, 0.3) is 0 Å². The molecule has 2 fully saturated rings. The number of likely N-dealkylation sites (tertiary alicyclic amines) is 1. The van der Waals surface area contributed by atoms with Crippen LogP contribution < -0.4 is 20.7 Å². The summed E-state index contributed by atoms with van der Waals surface area (Å²) in [6.45, 7) is 5.36. The van der Waals surface area contributed by atoms with E-state index in [-0.39, 0.29) is 42.2 Å². The number of aromatic nitrogens is 2. The first-order chi connectivity index (χ1) is 20.9. The average molecular weight is 616 g/mol. The van der Waals surface area contributed by atoms with Gasteiger partial charge in [-0.15, -0.1) is 6.42 Å². The Hall–Kier alpha value is -4.05. The Morgan fingerprint density at radius 3 is 2.59 bits per heavy atom. The number of piperidine rings is 1. The zero-order chi connectivity index (χ0) is 32.0. The Balaban J connectivity index is 1.57. The molecule has 1 aromatic carbocycles. The summed E-state index contributed by atoms with van der Waals surface area (Å²) in [5.41, 5.74) is -0.333. The van der Waals surface area contributed by atoms with E-state index in [1.807, 2.05) is 20.9 Å². The van der Waals surface area contributed by atoms with E-state index in [4.69, 9.17) is 11.2 Å². The van der Waals surface area contributed by atoms with Gasteiger partial charge in [0, 0.05) is 43.1 Å². The van der Waals surface area contributed by atoms with Crippen LogP contribution >= 0.6 is 0 Å². The summed E-state index contributed by atoms with van der Waals surface area (Å²) in [6.07, 6.45) is 4.89. The maximum absolute atomic E-state index is 13.9. The molecule has 2 aliphatic rings. The van der Waals surface area contributed by atoms with Gasteiger partial charge in [-0.25, -0.2) is 4.98 Å². The lowest BCUT2D eigenvalue weighted by Crippen LogP contribution is -2.44. The fraction of sp³-hybridized carbons (Fsp3) is 0.548. The van der Waals surface area contributed by atoms with E-state index in [0.717, 1.165) is 25.9 Å². The van der Waals surface area contributed by atoms with Crippen LogP contribution in [0, 0.1) is 18.3 Å². The minimum atomic E-state index is -4.72. The molecule has 1 saturated heterocycles. The summed E-state index contributed by atoms with van der Waals surface area (Å²) in [6, 6.07) is 4.21. The summed E-state index contributed by atoms with van der Waals surface area (Å²) in [5.74, 6) is 1.19. The van der Waals surface area contributed by atoms with Gasteiger partial charge in [-0.1, -0.05) is 12.3 Å². The van der Waals surface area contributed by atoms with Crippen LogP contribution in [0.2, 0.25) is 0 Å². The second-order valence-electron chi connectivity index (χ2n) is 11.7. The molecule has 3 N–H and O–H groups in total. The van der Waals surface area contributed by atoms with Gasteiger partial charge in [-0.05, 0) is 71.8 Å². The monoisotopic (exact) mass is 615 g/mol. The molecule has 2 unspecified atom stereocenters. The zero-order valence-corrected chi connectivity index (χ0v) is 25.5. The lowest BCUT2D eigenvalue weighted by Gasteiger charge is -2.35. The fourth-order valence-electron chi connectivity index (χ4n) is 5.66. The predicted molar refractivity (Wildman–Crippen MR) is 162 cm³/mol. The molecule has 2 aromatic rings.